The van der Waals surface area contributed by atoms with Gasteiger partial charge in [0.15, 0.2) is 0 Å². The Morgan fingerprint density at radius 2 is 2.00 bits per heavy atom. The van der Waals surface area contributed by atoms with E-state index in [0.29, 0.717) is 12.3 Å². The van der Waals surface area contributed by atoms with E-state index in [9.17, 15) is 13.2 Å². The zero-order valence-electron chi connectivity index (χ0n) is 10.5. The van der Waals surface area contributed by atoms with Crippen molar-refractivity contribution in [2.24, 2.45) is 5.92 Å². The van der Waals surface area contributed by atoms with Crippen molar-refractivity contribution < 1.29 is 23.1 Å². The number of aliphatic carboxylic acids is 1. The van der Waals surface area contributed by atoms with Crippen LogP contribution in [0.2, 0.25) is 0 Å². The van der Waals surface area contributed by atoms with Crippen LogP contribution in [0.15, 0.2) is 0 Å². The fraction of sp³-hybridized carbons (Fsp3) is 0.900. The van der Waals surface area contributed by atoms with Gasteiger partial charge >= 0.3 is 5.97 Å². The summed E-state index contributed by atoms with van der Waals surface area (Å²) in [6.07, 6.45) is -0.281. The Kier molecular flexibility index (Phi) is 7.33. The second kappa shape index (κ2) is 7.62. The van der Waals surface area contributed by atoms with E-state index in [4.69, 9.17) is 9.84 Å². The number of nitrogens with one attached hydrogen (secondary N) is 1. The van der Waals surface area contributed by atoms with Gasteiger partial charge in [0.2, 0.25) is 10.0 Å². The third-order valence-electron chi connectivity index (χ3n) is 2.23. The molecule has 17 heavy (non-hydrogen) atoms. The molecule has 0 rings (SSSR count). The normalized spacial score (nSPS) is 13.9. The van der Waals surface area contributed by atoms with Gasteiger partial charge in [-0.05, 0) is 12.3 Å². The molecule has 2 N–H and O–H groups in total. The molecule has 102 valence electrons. The Balaban J connectivity index is 4.10. The number of carboxylic acid groups (broad SMARTS) is 1. The summed E-state index contributed by atoms with van der Waals surface area (Å²) in [7, 11) is -1.98. The SMILES string of the molecule is COC(CNS(=O)(=O)CCC(C)C)CC(=O)O. The van der Waals surface area contributed by atoms with Crippen molar-refractivity contribution in [1.29, 1.82) is 0 Å². The van der Waals surface area contributed by atoms with Gasteiger partial charge in [-0.3, -0.25) is 4.79 Å². The first-order valence-electron chi connectivity index (χ1n) is 5.48. The molecule has 1 atom stereocenters. The van der Waals surface area contributed by atoms with E-state index in [2.05, 4.69) is 4.72 Å². The molecule has 1 unspecified atom stereocenters. The van der Waals surface area contributed by atoms with Crippen molar-refractivity contribution in [2.45, 2.75) is 32.8 Å². The molecule has 0 spiro atoms. The van der Waals surface area contributed by atoms with Gasteiger partial charge in [0.05, 0.1) is 18.3 Å². The highest BCUT2D eigenvalue weighted by Gasteiger charge is 2.17. The van der Waals surface area contributed by atoms with Gasteiger partial charge in [-0.2, -0.15) is 0 Å². The Hall–Kier alpha value is -0.660. The molecule has 0 radical (unpaired) electrons. The Labute approximate surface area is 102 Å². The van der Waals surface area contributed by atoms with Crippen LogP contribution in [0.4, 0.5) is 0 Å². The van der Waals surface area contributed by atoms with E-state index in [-0.39, 0.29) is 18.7 Å². The highest BCUT2D eigenvalue weighted by molar-refractivity contribution is 7.89. The number of methoxy groups -OCH3 is 1. The van der Waals surface area contributed by atoms with Crippen molar-refractivity contribution in [2.75, 3.05) is 19.4 Å². The first kappa shape index (κ1) is 16.3. The van der Waals surface area contributed by atoms with Gasteiger partial charge < -0.3 is 9.84 Å². The van der Waals surface area contributed by atoms with Crippen molar-refractivity contribution in [3.05, 3.63) is 0 Å². The zero-order chi connectivity index (χ0) is 13.5. The van der Waals surface area contributed by atoms with Crippen LogP contribution in [0, 0.1) is 5.92 Å². The summed E-state index contributed by atoms with van der Waals surface area (Å²) >= 11 is 0. The Morgan fingerprint density at radius 3 is 2.41 bits per heavy atom. The van der Waals surface area contributed by atoms with E-state index < -0.39 is 22.1 Å². The van der Waals surface area contributed by atoms with Gasteiger partial charge in [0.1, 0.15) is 0 Å². The fourth-order valence-corrected chi connectivity index (χ4v) is 2.48. The number of ether oxygens (including phenoxy) is 1. The predicted octanol–water partition coefficient (Wildman–Crippen LogP) is 0.442. The third kappa shape index (κ3) is 9.08. The largest absolute Gasteiger partial charge is 0.481 e. The third-order valence-corrected chi connectivity index (χ3v) is 3.61. The number of sulfonamides is 1. The lowest BCUT2D eigenvalue weighted by atomic mass is 10.2. The number of carbonyl (C=O) groups is 1. The molecular formula is C10H21NO5S. The van der Waals surface area contributed by atoms with Crippen LogP contribution >= 0.6 is 0 Å². The summed E-state index contributed by atoms with van der Waals surface area (Å²) in [6, 6.07) is 0. The predicted molar refractivity (Wildman–Crippen MR) is 64.3 cm³/mol. The average Bonchev–Trinajstić information content (AvgIpc) is 2.21. The molecular weight excluding hydrogens is 246 g/mol. The number of rotatable bonds is 9. The summed E-state index contributed by atoms with van der Waals surface area (Å²) in [5.74, 6) is -0.657. The van der Waals surface area contributed by atoms with Crippen LogP contribution in [0.3, 0.4) is 0 Å². The summed E-state index contributed by atoms with van der Waals surface area (Å²) < 4.78 is 30.3. The lowest BCUT2D eigenvalue weighted by Gasteiger charge is -2.14. The van der Waals surface area contributed by atoms with Crippen LogP contribution in [0.5, 0.6) is 0 Å². The van der Waals surface area contributed by atoms with Crippen LogP contribution < -0.4 is 4.72 Å². The van der Waals surface area contributed by atoms with Gasteiger partial charge in [-0.25, -0.2) is 13.1 Å². The molecule has 0 aromatic heterocycles. The van der Waals surface area contributed by atoms with E-state index in [1.807, 2.05) is 13.8 Å². The minimum Gasteiger partial charge on any atom is -0.481 e. The molecule has 0 aromatic rings. The molecule has 0 aliphatic heterocycles. The van der Waals surface area contributed by atoms with E-state index in [0.717, 1.165) is 0 Å². The van der Waals surface area contributed by atoms with Gasteiger partial charge in [-0.1, -0.05) is 13.8 Å². The molecule has 6 nitrogen and oxygen atoms in total. The van der Waals surface area contributed by atoms with Gasteiger partial charge in [-0.15, -0.1) is 0 Å². The van der Waals surface area contributed by atoms with Gasteiger partial charge in [0, 0.05) is 13.7 Å². The quantitative estimate of drug-likeness (QED) is 0.632. The summed E-state index contributed by atoms with van der Waals surface area (Å²) in [5.41, 5.74) is 0. The first-order valence-corrected chi connectivity index (χ1v) is 7.14. The standard InChI is InChI=1S/C10H21NO5S/c1-8(2)4-5-17(14,15)11-7-9(16-3)6-10(12)13/h8-9,11H,4-7H2,1-3H3,(H,12,13). The number of hydrogen-bond donors (Lipinski definition) is 2. The second-order valence-corrected chi connectivity index (χ2v) is 6.23. The van der Waals surface area contributed by atoms with E-state index in [1.54, 1.807) is 0 Å². The van der Waals surface area contributed by atoms with Crippen LogP contribution in [-0.2, 0) is 19.6 Å². The van der Waals surface area contributed by atoms with Crippen LogP contribution in [0.1, 0.15) is 26.7 Å². The first-order chi connectivity index (χ1) is 7.76. The molecule has 0 saturated carbocycles. The Bertz CT molecular complexity index is 326. The average molecular weight is 267 g/mol. The fourth-order valence-electron chi connectivity index (χ4n) is 1.12. The number of carboxylic acids is 1. The van der Waals surface area contributed by atoms with Crippen LogP contribution in [-0.4, -0.2) is 45.0 Å². The van der Waals surface area contributed by atoms with E-state index in [1.165, 1.54) is 7.11 Å². The highest BCUT2D eigenvalue weighted by atomic mass is 32.2. The highest BCUT2D eigenvalue weighted by Crippen LogP contribution is 2.03. The molecule has 0 aliphatic rings. The van der Waals surface area contributed by atoms with Gasteiger partial charge in [0.25, 0.3) is 0 Å². The maximum absolute atomic E-state index is 11.5. The molecule has 0 heterocycles. The van der Waals surface area contributed by atoms with E-state index >= 15 is 0 Å². The molecule has 0 aromatic carbocycles. The van der Waals surface area contributed by atoms with Crippen LogP contribution in [0.25, 0.3) is 0 Å². The topological polar surface area (TPSA) is 92.7 Å². The monoisotopic (exact) mass is 267 g/mol. The molecule has 7 heteroatoms. The van der Waals surface area contributed by atoms with Crippen molar-refractivity contribution in [1.82, 2.24) is 4.72 Å². The minimum atomic E-state index is -3.34. The van der Waals surface area contributed by atoms with Crippen molar-refractivity contribution in [3.63, 3.8) is 0 Å². The zero-order valence-corrected chi connectivity index (χ0v) is 11.3. The molecule has 0 fully saturated rings. The summed E-state index contributed by atoms with van der Waals surface area (Å²) in [5, 5.41) is 8.56. The lowest BCUT2D eigenvalue weighted by molar-refractivity contribution is -0.139. The van der Waals surface area contributed by atoms with Crippen molar-refractivity contribution in [3.8, 4) is 0 Å². The second-order valence-electron chi connectivity index (χ2n) is 4.31. The maximum Gasteiger partial charge on any atom is 0.306 e. The smallest absolute Gasteiger partial charge is 0.306 e. The Morgan fingerprint density at radius 1 is 1.41 bits per heavy atom. The molecule has 0 bridgehead atoms. The molecule has 0 saturated heterocycles. The summed E-state index contributed by atoms with van der Waals surface area (Å²) in [4.78, 5) is 10.5. The molecule has 0 aliphatic carbocycles. The maximum atomic E-state index is 11.5. The molecule has 0 amide bonds. The summed E-state index contributed by atoms with van der Waals surface area (Å²) in [6.45, 7) is 3.87. The lowest BCUT2D eigenvalue weighted by Crippen LogP contribution is -2.36. The minimum absolute atomic E-state index is 0.0107. The van der Waals surface area contributed by atoms with Crippen molar-refractivity contribution >= 4 is 16.0 Å². The number of hydrogen-bond acceptors (Lipinski definition) is 4.